The zero-order chi connectivity index (χ0) is 26.4. The van der Waals surface area contributed by atoms with Crippen LogP contribution < -0.4 is 5.32 Å². The number of hydrogen-bond donors (Lipinski definition) is 2. The van der Waals surface area contributed by atoms with Gasteiger partial charge in [0, 0.05) is 5.38 Å². The fourth-order valence-electron chi connectivity index (χ4n) is 4.10. The highest BCUT2D eigenvalue weighted by atomic mass is 32.1. The van der Waals surface area contributed by atoms with E-state index in [9.17, 15) is 14.7 Å². The standard InChI is InChI=1S/C29H21N3O5S/c33-26(34)25(32-37-27(35)24-17-10-18-36-24)23-19-38-28(30-23)31-29(20-11-4-1-5-12-20,21-13-6-2-7-14-21)22-15-8-3-9-16-22/h1-19H,(H,30,31)(H,33,34)/b32-25-. The van der Waals surface area contributed by atoms with E-state index in [2.05, 4.69) is 15.5 Å². The maximum Gasteiger partial charge on any atom is 0.400 e. The maximum atomic E-state index is 12.1. The topological polar surface area (TPSA) is 114 Å². The summed E-state index contributed by atoms with van der Waals surface area (Å²) in [5, 5.41) is 18.9. The highest BCUT2D eigenvalue weighted by Gasteiger charge is 2.37. The van der Waals surface area contributed by atoms with Crippen molar-refractivity contribution in [1.29, 1.82) is 0 Å². The molecule has 0 saturated carbocycles. The van der Waals surface area contributed by atoms with Crippen LogP contribution in [0.25, 0.3) is 0 Å². The Morgan fingerprint density at radius 1 is 0.842 bits per heavy atom. The molecule has 0 atom stereocenters. The number of furan rings is 1. The second-order valence-corrected chi connectivity index (χ2v) is 8.97. The van der Waals surface area contributed by atoms with Crippen molar-refractivity contribution in [2.24, 2.45) is 5.16 Å². The van der Waals surface area contributed by atoms with Crippen molar-refractivity contribution in [2.75, 3.05) is 5.32 Å². The number of aromatic nitrogens is 1. The van der Waals surface area contributed by atoms with E-state index in [0.717, 1.165) is 16.7 Å². The van der Waals surface area contributed by atoms with Gasteiger partial charge < -0.3 is 19.7 Å². The van der Waals surface area contributed by atoms with Crippen molar-refractivity contribution in [3.8, 4) is 0 Å². The molecule has 0 aliphatic carbocycles. The number of carboxylic acid groups (broad SMARTS) is 1. The van der Waals surface area contributed by atoms with E-state index in [4.69, 9.17) is 9.25 Å². The lowest BCUT2D eigenvalue weighted by Gasteiger charge is -2.36. The lowest BCUT2D eigenvalue weighted by atomic mass is 9.77. The van der Waals surface area contributed by atoms with Gasteiger partial charge in [-0.05, 0) is 28.8 Å². The predicted molar refractivity (Wildman–Crippen MR) is 143 cm³/mol. The molecule has 2 heterocycles. The number of rotatable bonds is 9. The first kappa shape index (κ1) is 24.7. The maximum absolute atomic E-state index is 12.1. The van der Waals surface area contributed by atoms with E-state index < -0.39 is 23.2 Å². The first-order valence-electron chi connectivity index (χ1n) is 11.5. The van der Waals surface area contributed by atoms with Crippen molar-refractivity contribution >= 4 is 34.1 Å². The minimum absolute atomic E-state index is 0.0420. The molecular weight excluding hydrogens is 502 g/mol. The summed E-state index contributed by atoms with van der Waals surface area (Å²) in [6.07, 6.45) is 1.30. The van der Waals surface area contributed by atoms with Gasteiger partial charge in [-0.3, -0.25) is 0 Å². The van der Waals surface area contributed by atoms with Crippen LogP contribution in [0.3, 0.4) is 0 Å². The monoisotopic (exact) mass is 523 g/mol. The van der Waals surface area contributed by atoms with Gasteiger partial charge in [-0.15, -0.1) is 11.3 Å². The third-order valence-corrected chi connectivity index (χ3v) is 6.56. The SMILES string of the molecule is O=C(O)/C(=N\OC(=O)c1ccco1)c1csc(NC(c2ccccc2)(c2ccccc2)c2ccccc2)n1. The molecule has 2 N–H and O–H groups in total. The van der Waals surface area contributed by atoms with Crippen LogP contribution >= 0.6 is 11.3 Å². The van der Waals surface area contributed by atoms with Gasteiger partial charge >= 0.3 is 11.9 Å². The van der Waals surface area contributed by atoms with Gasteiger partial charge in [-0.1, -0.05) is 96.2 Å². The van der Waals surface area contributed by atoms with Crippen LogP contribution in [0.4, 0.5) is 5.13 Å². The highest BCUT2D eigenvalue weighted by molar-refractivity contribution is 7.14. The summed E-state index contributed by atoms with van der Waals surface area (Å²) in [6, 6.07) is 32.7. The molecule has 38 heavy (non-hydrogen) atoms. The first-order chi connectivity index (χ1) is 18.6. The molecule has 0 unspecified atom stereocenters. The molecule has 0 saturated heterocycles. The number of carboxylic acids is 1. The number of anilines is 1. The van der Waals surface area contributed by atoms with E-state index in [1.54, 1.807) is 5.38 Å². The number of oxime groups is 1. The van der Waals surface area contributed by atoms with Gasteiger partial charge in [0.2, 0.25) is 11.5 Å². The summed E-state index contributed by atoms with van der Waals surface area (Å²) < 4.78 is 4.96. The van der Waals surface area contributed by atoms with Crippen LogP contribution in [0.1, 0.15) is 32.9 Å². The van der Waals surface area contributed by atoms with Crippen molar-refractivity contribution in [1.82, 2.24) is 4.98 Å². The van der Waals surface area contributed by atoms with Crippen LogP contribution in [-0.4, -0.2) is 27.7 Å². The summed E-state index contributed by atoms with van der Waals surface area (Å²) >= 11 is 1.21. The summed E-state index contributed by atoms with van der Waals surface area (Å²) in [7, 11) is 0. The number of benzene rings is 3. The molecule has 0 aliphatic heterocycles. The molecule has 3 aromatic carbocycles. The summed E-state index contributed by atoms with van der Waals surface area (Å²) in [4.78, 5) is 33.4. The van der Waals surface area contributed by atoms with Crippen LogP contribution in [0.15, 0.2) is 124 Å². The zero-order valence-corrected chi connectivity index (χ0v) is 20.7. The second-order valence-electron chi connectivity index (χ2n) is 8.11. The largest absolute Gasteiger partial charge is 0.476 e. The molecule has 0 spiro atoms. The Labute approximate surface area is 221 Å². The van der Waals surface area contributed by atoms with Gasteiger partial charge in [0.1, 0.15) is 11.2 Å². The molecule has 0 amide bonds. The molecular formula is C29H21N3O5S. The Balaban J connectivity index is 1.56. The zero-order valence-electron chi connectivity index (χ0n) is 19.9. The Morgan fingerprint density at radius 2 is 1.39 bits per heavy atom. The Kier molecular flexibility index (Phi) is 7.10. The fraction of sp³-hybridized carbons (Fsp3) is 0.0345. The lowest BCUT2D eigenvalue weighted by Crippen LogP contribution is -2.38. The number of thiazole rings is 1. The van der Waals surface area contributed by atoms with Gasteiger partial charge in [0.25, 0.3) is 0 Å². The normalized spacial score (nSPS) is 11.6. The average Bonchev–Trinajstić information content (AvgIpc) is 3.66. The second kappa shape index (κ2) is 10.9. The number of aliphatic carboxylic acids is 1. The van der Waals surface area contributed by atoms with E-state index in [1.165, 1.54) is 29.7 Å². The first-order valence-corrected chi connectivity index (χ1v) is 12.4. The summed E-state index contributed by atoms with van der Waals surface area (Å²) in [6.45, 7) is 0. The number of carbonyl (C=O) groups is 2. The van der Waals surface area contributed by atoms with E-state index >= 15 is 0 Å². The predicted octanol–water partition coefficient (Wildman–Crippen LogP) is 5.79. The van der Waals surface area contributed by atoms with Gasteiger partial charge in [0.15, 0.2) is 5.13 Å². The Hall–Kier alpha value is -5.02. The molecule has 8 nitrogen and oxygen atoms in total. The van der Waals surface area contributed by atoms with Crippen molar-refractivity contribution < 1.29 is 24.0 Å². The average molecular weight is 524 g/mol. The van der Waals surface area contributed by atoms with E-state index in [0.29, 0.717) is 5.13 Å². The number of nitrogens with one attached hydrogen (secondary N) is 1. The smallest absolute Gasteiger partial charge is 0.400 e. The highest BCUT2D eigenvalue weighted by Crippen LogP contribution is 2.40. The summed E-state index contributed by atoms with van der Waals surface area (Å²) in [5.41, 5.74) is 1.58. The van der Waals surface area contributed by atoms with Crippen LogP contribution in [0, 0.1) is 0 Å². The fourth-order valence-corrected chi connectivity index (χ4v) is 4.85. The number of nitrogens with zero attached hydrogens (tertiary/aromatic N) is 2. The van der Waals surface area contributed by atoms with Crippen molar-refractivity contribution in [2.45, 2.75) is 5.54 Å². The third-order valence-electron chi connectivity index (χ3n) is 5.81. The van der Waals surface area contributed by atoms with E-state index in [1.807, 2.05) is 91.0 Å². The quantitative estimate of drug-likeness (QED) is 0.109. The molecule has 0 bridgehead atoms. The molecule has 2 aromatic heterocycles. The minimum Gasteiger partial charge on any atom is -0.476 e. The number of carbonyl (C=O) groups excluding carboxylic acids is 1. The summed E-state index contributed by atoms with van der Waals surface area (Å²) in [5.74, 6) is -2.41. The molecule has 5 aromatic rings. The minimum atomic E-state index is -1.39. The van der Waals surface area contributed by atoms with Gasteiger partial charge in [-0.2, -0.15) is 0 Å². The molecule has 188 valence electrons. The van der Waals surface area contributed by atoms with Gasteiger partial charge in [-0.25, -0.2) is 14.6 Å². The lowest BCUT2D eigenvalue weighted by molar-refractivity contribution is -0.129. The van der Waals surface area contributed by atoms with Crippen molar-refractivity contribution in [3.63, 3.8) is 0 Å². The third kappa shape index (κ3) is 4.95. The molecule has 0 radical (unpaired) electrons. The van der Waals surface area contributed by atoms with Crippen LogP contribution in [0.2, 0.25) is 0 Å². The molecule has 0 fully saturated rings. The molecule has 9 heteroatoms. The van der Waals surface area contributed by atoms with Crippen LogP contribution in [-0.2, 0) is 15.2 Å². The van der Waals surface area contributed by atoms with E-state index in [-0.39, 0.29) is 11.5 Å². The Morgan fingerprint density at radius 3 is 1.87 bits per heavy atom. The molecule has 5 rings (SSSR count). The van der Waals surface area contributed by atoms with Gasteiger partial charge in [0.05, 0.1) is 6.26 Å². The van der Waals surface area contributed by atoms with Crippen LogP contribution in [0.5, 0.6) is 0 Å². The number of hydrogen-bond acceptors (Lipinski definition) is 8. The van der Waals surface area contributed by atoms with Crippen molar-refractivity contribution in [3.05, 3.63) is 143 Å². The Bertz CT molecular complexity index is 1450. The molecule has 0 aliphatic rings.